The van der Waals surface area contributed by atoms with Crippen molar-refractivity contribution in [1.82, 2.24) is 0 Å². The maximum absolute atomic E-state index is 6.30. The standard InChI is InChI=1S/C14H19NO/c1-16-13-5-4-9-6-10-2-3-11(14(10)15)7-12(9)8-13/h4-5,8,10-11,14H,2-3,6-7,15H2,1H3/t10-,11+,14+/m1/s1. The minimum absolute atomic E-state index is 0.415. The van der Waals surface area contributed by atoms with E-state index in [9.17, 15) is 0 Å². The van der Waals surface area contributed by atoms with Crippen LogP contribution in [-0.2, 0) is 12.8 Å². The van der Waals surface area contributed by atoms with Gasteiger partial charge in [-0.05, 0) is 60.8 Å². The van der Waals surface area contributed by atoms with Crippen LogP contribution < -0.4 is 10.5 Å². The zero-order chi connectivity index (χ0) is 11.1. The minimum Gasteiger partial charge on any atom is -0.497 e. The SMILES string of the molecule is COc1ccc2c(c1)C[C@@H]1CC[C@H](C2)[C@@H]1N. The quantitative estimate of drug-likeness (QED) is 0.782. The molecule has 2 aliphatic rings. The summed E-state index contributed by atoms with van der Waals surface area (Å²) in [6.45, 7) is 0. The van der Waals surface area contributed by atoms with Crippen molar-refractivity contribution in [2.45, 2.75) is 31.7 Å². The van der Waals surface area contributed by atoms with Gasteiger partial charge < -0.3 is 10.5 Å². The second kappa shape index (κ2) is 3.77. The minimum atomic E-state index is 0.415. The Morgan fingerprint density at radius 2 is 1.81 bits per heavy atom. The number of nitrogens with two attached hydrogens (primary N) is 1. The molecule has 0 amide bonds. The van der Waals surface area contributed by atoms with E-state index < -0.39 is 0 Å². The predicted molar refractivity (Wildman–Crippen MR) is 64.6 cm³/mol. The van der Waals surface area contributed by atoms with Gasteiger partial charge >= 0.3 is 0 Å². The first-order valence-corrected chi connectivity index (χ1v) is 6.19. The van der Waals surface area contributed by atoms with E-state index in [4.69, 9.17) is 10.5 Å². The smallest absolute Gasteiger partial charge is 0.119 e. The highest BCUT2D eigenvalue weighted by atomic mass is 16.5. The molecule has 1 aromatic rings. The van der Waals surface area contributed by atoms with Crippen molar-refractivity contribution < 1.29 is 4.74 Å². The Morgan fingerprint density at radius 1 is 1.12 bits per heavy atom. The molecule has 0 unspecified atom stereocenters. The largest absolute Gasteiger partial charge is 0.497 e. The number of methoxy groups -OCH3 is 1. The van der Waals surface area contributed by atoms with Gasteiger partial charge in [-0.3, -0.25) is 0 Å². The summed E-state index contributed by atoms with van der Waals surface area (Å²) in [5, 5.41) is 0. The van der Waals surface area contributed by atoms with Gasteiger partial charge in [0.15, 0.2) is 0 Å². The topological polar surface area (TPSA) is 35.2 Å². The van der Waals surface area contributed by atoms with Crippen molar-refractivity contribution in [3.8, 4) is 5.75 Å². The van der Waals surface area contributed by atoms with Crippen LogP contribution in [0.5, 0.6) is 5.75 Å². The van der Waals surface area contributed by atoms with Gasteiger partial charge in [-0.25, -0.2) is 0 Å². The predicted octanol–water partition coefficient (Wildman–Crippen LogP) is 2.15. The molecule has 0 spiro atoms. The average molecular weight is 217 g/mol. The Balaban J connectivity index is 1.98. The van der Waals surface area contributed by atoms with E-state index in [0.717, 1.165) is 18.6 Å². The Hall–Kier alpha value is -1.02. The monoisotopic (exact) mass is 217 g/mol. The molecule has 0 heterocycles. The maximum Gasteiger partial charge on any atom is 0.119 e. The first-order chi connectivity index (χ1) is 7.78. The fourth-order valence-electron chi connectivity index (χ4n) is 3.36. The highest BCUT2D eigenvalue weighted by molar-refractivity contribution is 5.38. The first kappa shape index (κ1) is 10.2. The molecule has 1 fully saturated rings. The molecule has 2 N–H and O–H groups in total. The van der Waals surface area contributed by atoms with Crippen molar-refractivity contribution >= 4 is 0 Å². The summed E-state index contributed by atoms with van der Waals surface area (Å²) < 4.78 is 5.30. The molecule has 1 aromatic carbocycles. The highest BCUT2D eigenvalue weighted by Gasteiger charge is 2.36. The third-order valence-corrected chi connectivity index (χ3v) is 4.37. The number of hydrogen-bond donors (Lipinski definition) is 1. The molecule has 2 nitrogen and oxygen atoms in total. The summed E-state index contributed by atoms with van der Waals surface area (Å²) in [7, 11) is 1.73. The summed E-state index contributed by atoms with van der Waals surface area (Å²) >= 11 is 0. The molecule has 2 aliphatic carbocycles. The molecule has 0 aromatic heterocycles. The Bertz CT molecular complexity index is 402. The number of fused-ring (bicyclic) bond motifs is 3. The Morgan fingerprint density at radius 3 is 2.50 bits per heavy atom. The summed E-state index contributed by atoms with van der Waals surface area (Å²) in [5.41, 5.74) is 9.25. The molecule has 1 saturated carbocycles. The number of ether oxygens (including phenoxy) is 1. The molecular weight excluding hydrogens is 198 g/mol. The fraction of sp³-hybridized carbons (Fsp3) is 0.571. The summed E-state index contributed by atoms with van der Waals surface area (Å²) in [5.74, 6) is 2.38. The number of rotatable bonds is 1. The van der Waals surface area contributed by atoms with E-state index in [0.29, 0.717) is 17.9 Å². The van der Waals surface area contributed by atoms with Crippen LogP contribution in [0.15, 0.2) is 18.2 Å². The average Bonchev–Trinajstić information content (AvgIpc) is 2.55. The zero-order valence-electron chi connectivity index (χ0n) is 9.78. The second-order valence-electron chi connectivity index (χ2n) is 5.22. The number of benzene rings is 1. The van der Waals surface area contributed by atoms with E-state index in [1.165, 1.54) is 24.0 Å². The molecule has 0 saturated heterocycles. The first-order valence-electron chi connectivity index (χ1n) is 6.19. The molecule has 3 atom stereocenters. The maximum atomic E-state index is 6.30. The van der Waals surface area contributed by atoms with E-state index in [-0.39, 0.29) is 0 Å². The fourth-order valence-corrected chi connectivity index (χ4v) is 3.36. The van der Waals surface area contributed by atoms with Crippen molar-refractivity contribution in [2.75, 3.05) is 7.11 Å². The molecule has 16 heavy (non-hydrogen) atoms. The summed E-state index contributed by atoms with van der Waals surface area (Å²) in [4.78, 5) is 0. The van der Waals surface area contributed by atoms with Gasteiger partial charge in [-0.2, -0.15) is 0 Å². The van der Waals surface area contributed by atoms with Crippen LogP contribution in [0.3, 0.4) is 0 Å². The normalized spacial score (nSPS) is 32.0. The van der Waals surface area contributed by atoms with Gasteiger partial charge in [-0.15, -0.1) is 0 Å². The van der Waals surface area contributed by atoms with Gasteiger partial charge in [0.05, 0.1) is 7.11 Å². The third-order valence-electron chi connectivity index (χ3n) is 4.37. The van der Waals surface area contributed by atoms with Crippen LogP contribution >= 0.6 is 0 Å². The molecule has 0 radical (unpaired) electrons. The Labute approximate surface area is 96.8 Å². The van der Waals surface area contributed by atoms with Crippen LogP contribution in [0, 0.1) is 11.8 Å². The van der Waals surface area contributed by atoms with Crippen molar-refractivity contribution in [3.05, 3.63) is 29.3 Å². The molecular formula is C14H19NO. The van der Waals surface area contributed by atoms with Crippen molar-refractivity contribution in [3.63, 3.8) is 0 Å². The molecule has 86 valence electrons. The van der Waals surface area contributed by atoms with Crippen LogP contribution in [0.25, 0.3) is 0 Å². The van der Waals surface area contributed by atoms with Crippen LogP contribution in [0.4, 0.5) is 0 Å². The summed E-state index contributed by atoms with van der Waals surface area (Å²) in [6, 6.07) is 6.91. The lowest BCUT2D eigenvalue weighted by Gasteiger charge is -2.15. The summed E-state index contributed by atoms with van der Waals surface area (Å²) in [6.07, 6.45) is 4.93. The highest BCUT2D eigenvalue weighted by Crippen LogP contribution is 2.39. The Kier molecular flexibility index (Phi) is 2.40. The van der Waals surface area contributed by atoms with Crippen LogP contribution in [0.2, 0.25) is 0 Å². The van der Waals surface area contributed by atoms with Gasteiger partial charge in [0.25, 0.3) is 0 Å². The molecule has 3 rings (SSSR count). The lowest BCUT2D eigenvalue weighted by Crippen LogP contribution is -2.31. The van der Waals surface area contributed by atoms with E-state index in [1.54, 1.807) is 7.11 Å². The zero-order valence-corrected chi connectivity index (χ0v) is 9.78. The lowest BCUT2D eigenvalue weighted by atomic mass is 9.93. The number of hydrogen-bond acceptors (Lipinski definition) is 2. The van der Waals surface area contributed by atoms with Crippen LogP contribution in [-0.4, -0.2) is 13.2 Å². The van der Waals surface area contributed by atoms with Crippen LogP contribution in [0.1, 0.15) is 24.0 Å². The van der Waals surface area contributed by atoms with Gasteiger partial charge in [0.1, 0.15) is 5.75 Å². The van der Waals surface area contributed by atoms with Gasteiger partial charge in [0, 0.05) is 6.04 Å². The third kappa shape index (κ3) is 1.52. The lowest BCUT2D eigenvalue weighted by molar-refractivity contribution is 0.412. The van der Waals surface area contributed by atoms with Crippen molar-refractivity contribution in [1.29, 1.82) is 0 Å². The van der Waals surface area contributed by atoms with E-state index in [1.807, 2.05) is 0 Å². The molecule has 2 heteroatoms. The van der Waals surface area contributed by atoms with E-state index in [2.05, 4.69) is 18.2 Å². The van der Waals surface area contributed by atoms with Crippen molar-refractivity contribution in [2.24, 2.45) is 17.6 Å². The van der Waals surface area contributed by atoms with E-state index >= 15 is 0 Å². The second-order valence-corrected chi connectivity index (χ2v) is 5.22. The van der Waals surface area contributed by atoms with Gasteiger partial charge in [-0.1, -0.05) is 6.07 Å². The molecule has 2 bridgehead atoms. The van der Waals surface area contributed by atoms with Gasteiger partial charge in [0.2, 0.25) is 0 Å². The molecule has 0 aliphatic heterocycles.